The second-order valence-electron chi connectivity index (χ2n) is 7.87. The van der Waals surface area contributed by atoms with Crippen LogP contribution in [0.5, 0.6) is 5.75 Å². The summed E-state index contributed by atoms with van der Waals surface area (Å²) in [5.41, 5.74) is 0.527. The SMILES string of the molecule is COc1ccc(Cl)cc1NC(=O)CN(C)c1nc(N2CCCC2)nc(N2CCCC2)n1. The zero-order chi connectivity index (χ0) is 21.8. The van der Waals surface area contributed by atoms with Crippen molar-refractivity contribution in [3.8, 4) is 5.75 Å². The van der Waals surface area contributed by atoms with Gasteiger partial charge in [-0.3, -0.25) is 4.79 Å². The van der Waals surface area contributed by atoms with Crippen molar-refractivity contribution in [1.82, 2.24) is 15.0 Å². The van der Waals surface area contributed by atoms with Gasteiger partial charge in [-0.1, -0.05) is 11.6 Å². The van der Waals surface area contributed by atoms with Crippen LogP contribution in [0.4, 0.5) is 23.5 Å². The number of hydrogen-bond donors (Lipinski definition) is 1. The first-order valence-corrected chi connectivity index (χ1v) is 11.0. The van der Waals surface area contributed by atoms with Gasteiger partial charge in [0.2, 0.25) is 23.8 Å². The third kappa shape index (κ3) is 5.10. The number of amides is 1. The van der Waals surface area contributed by atoms with Gasteiger partial charge in [-0.05, 0) is 43.9 Å². The first-order chi connectivity index (χ1) is 15.0. The number of hydrogen-bond acceptors (Lipinski definition) is 8. The van der Waals surface area contributed by atoms with Crippen molar-refractivity contribution in [3.63, 3.8) is 0 Å². The number of aromatic nitrogens is 3. The van der Waals surface area contributed by atoms with E-state index in [1.165, 1.54) is 0 Å². The van der Waals surface area contributed by atoms with Crippen molar-refractivity contribution >= 4 is 41.0 Å². The van der Waals surface area contributed by atoms with Crippen LogP contribution in [0, 0.1) is 0 Å². The Kier molecular flexibility index (Phi) is 6.60. The molecule has 0 spiro atoms. The Morgan fingerprint density at radius 3 is 2.19 bits per heavy atom. The Morgan fingerprint density at radius 2 is 1.65 bits per heavy atom. The van der Waals surface area contributed by atoms with Crippen molar-refractivity contribution in [1.29, 1.82) is 0 Å². The minimum Gasteiger partial charge on any atom is -0.495 e. The van der Waals surface area contributed by atoms with Gasteiger partial charge in [0, 0.05) is 38.2 Å². The highest BCUT2D eigenvalue weighted by atomic mass is 35.5. The molecular weight excluding hydrogens is 418 g/mol. The molecule has 0 bridgehead atoms. The Morgan fingerprint density at radius 1 is 1.06 bits per heavy atom. The van der Waals surface area contributed by atoms with Crippen LogP contribution < -0.4 is 24.8 Å². The molecule has 166 valence electrons. The number of methoxy groups -OCH3 is 1. The van der Waals surface area contributed by atoms with Crippen molar-refractivity contribution in [2.75, 3.05) is 66.9 Å². The normalized spacial score (nSPS) is 16.0. The molecule has 4 rings (SSSR count). The molecule has 9 nitrogen and oxygen atoms in total. The molecule has 2 aliphatic rings. The third-order valence-electron chi connectivity index (χ3n) is 5.54. The van der Waals surface area contributed by atoms with E-state index < -0.39 is 0 Å². The van der Waals surface area contributed by atoms with Crippen molar-refractivity contribution in [2.24, 2.45) is 0 Å². The van der Waals surface area contributed by atoms with E-state index in [0.29, 0.717) is 34.3 Å². The molecule has 2 saturated heterocycles. The van der Waals surface area contributed by atoms with Gasteiger partial charge in [0.1, 0.15) is 5.75 Å². The molecule has 0 radical (unpaired) electrons. The zero-order valence-electron chi connectivity index (χ0n) is 18.0. The topological polar surface area (TPSA) is 86.7 Å². The smallest absolute Gasteiger partial charge is 0.244 e. The van der Waals surface area contributed by atoms with Crippen LogP contribution in [0.1, 0.15) is 25.7 Å². The van der Waals surface area contributed by atoms with Gasteiger partial charge in [-0.25, -0.2) is 0 Å². The Hall–Kier alpha value is -2.81. The van der Waals surface area contributed by atoms with Gasteiger partial charge in [-0.15, -0.1) is 0 Å². The highest BCUT2D eigenvalue weighted by Gasteiger charge is 2.23. The summed E-state index contributed by atoms with van der Waals surface area (Å²) in [4.78, 5) is 32.9. The molecule has 2 aromatic rings. The number of likely N-dealkylation sites (N-methyl/N-ethyl adjacent to an activating group) is 1. The van der Waals surface area contributed by atoms with Gasteiger partial charge < -0.3 is 24.8 Å². The van der Waals surface area contributed by atoms with Crippen molar-refractivity contribution in [3.05, 3.63) is 23.2 Å². The van der Waals surface area contributed by atoms with E-state index in [2.05, 4.69) is 25.1 Å². The fourth-order valence-electron chi connectivity index (χ4n) is 3.88. The van der Waals surface area contributed by atoms with Crippen LogP contribution in [0.25, 0.3) is 0 Å². The fourth-order valence-corrected chi connectivity index (χ4v) is 4.06. The lowest BCUT2D eigenvalue weighted by molar-refractivity contribution is -0.114. The summed E-state index contributed by atoms with van der Waals surface area (Å²) in [6, 6.07) is 5.10. The lowest BCUT2D eigenvalue weighted by Gasteiger charge is -2.23. The molecule has 1 aromatic carbocycles. The second-order valence-corrected chi connectivity index (χ2v) is 8.31. The monoisotopic (exact) mass is 445 g/mol. The van der Waals surface area contributed by atoms with Crippen LogP contribution >= 0.6 is 11.6 Å². The molecule has 1 N–H and O–H groups in total. The van der Waals surface area contributed by atoms with Crippen LogP contribution in [0.15, 0.2) is 18.2 Å². The number of nitrogens with one attached hydrogen (secondary N) is 1. The van der Waals surface area contributed by atoms with Crippen LogP contribution in [0.2, 0.25) is 5.02 Å². The van der Waals surface area contributed by atoms with Crippen molar-refractivity contribution < 1.29 is 9.53 Å². The Labute approximate surface area is 187 Å². The molecule has 0 atom stereocenters. The maximum Gasteiger partial charge on any atom is 0.244 e. The van der Waals surface area contributed by atoms with Gasteiger partial charge in [0.05, 0.1) is 19.3 Å². The molecule has 10 heteroatoms. The minimum absolute atomic E-state index is 0.0819. The number of carbonyl (C=O) groups excluding carboxylic acids is 1. The maximum atomic E-state index is 12.7. The maximum absolute atomic E-state index is 12.7. The predicted molar refractivity (Wildman–Crippen MR) is 123 cm³/mol. The number of carbonyl (C=O) groups is 1. The van der Waals surface area contributed by atoms with E-state index in [-0.39, 0.29) is 12.5 Å². The molecule has 1 aromatic heterocycles. The molecule has 0 unspecified atom stereocenters. The molecule has 1 amide bonds. The Bertz CT molecular complexity index is 896. The quantitative estimate of drug-likeness (QED) is 0.696. The number of benzene rings is 1. The second kappa shape index (κ2) is 9.55. The van der Waals surface area contributed by atoms with Crippen molar-refractivity contribution in [2.45, 2.75) is 25.7 Å². The molecule has 0 saturated carbocycles. The van der Waals surface area contributed by atoms with Gasteiger partial charge in [0.25, 0.3) is 0 Å². The summed E-state index contributed by atoms with van der Waals surface area (Å²) in [7, 11) is 3.36. The molecule has 2 aliphatic heterocycles. The zero-order valence-corrected chi connectivity index (χ0v) is 18.7. The predicted octanol–water partition coefficient (Wildman–Crippen LogP) is 2.81. The molecule has 0 aliphatic carbocycles. The summed E-state index contributed by atoms with van der Waals surface area (Å²) >= 11 is 6.06. The van der Waals surface area contributed by atoms with Crippen LogP contribution in [0.3, 0.4) is 0 Å². The Balaban J connectivity index is 1.52. The summed E-state index contributed by atoms with van der Waals surface area (Å²) in [5.74, 6) is 2.20. The van der Waals surface area contributed by atoms with E-state index in [1.54, 1.807) is 30.2 Å². The van der Waals surface area contributed by atoms with E-state index in [4.69, 9.17) is 21.3 Å². The largest absolute Gasteiger partial charge is 0.495 e. The summed E-state index contributed by atoms with van der Waals surface area (Å²) in [5, 5.41) is 3.38. The molecule has 31 heavy (non-hydrogen) atoms. The number of ether oxygens (including phenoxy) is 1. The van der Waals surface area contributed by atoms with Gasteiger partial charge >= 0.3 is 0 Å². The number of nitrogens with zero attached hydrogens (tertiary/aromatic N) is 6. The lowest BCUT2D eigenvalue weighted by Crippen LogP contribution is -2.33. The molecular formula is C21H28ClN7O2. The highest BCUT2D eigenvalue weighted by molar-refractivity contribution is 6.31. The minimum atomic E-state index is -0.214. The summed E-state index contributed by atoms with van der Waals surface area (Å²) < 4.78 is 5.31. The first kappa shape index (κ1) is 21.4. The highest BCUT2D eigenvalue weighted by Crippen LogP contribution is 2.28. The van der Waals surface area contributed by atoms with E-state index >= 15 is 0 Å². The first-order valence-electron chi connectivity index (χ1n) is 10.6. The average Bonchev–Trinajstić information content (AvgIpc) is 3.48. The lowest BCUT2D eigenvalue weighted by atomic mass is 10.3. The molecule has 3 heterocycles. The number of anilines is 4. The summed E-state index contributed by atoms with van der Waals surface area (Å²) in [6.07, 6.45) is 4.55. The van der Waals surface area contributed by atoms with E-state index in [1.807, 2.05) is 7.05 Å². The van der Waals surface area contributed by atoms with Gasteiger partial charge in [0.15, 0.2) is 0 Å². The van der Waals surface area contributed by atoms with Crippen LogP contribution in [-0.2, 0) is 4.79 Å². The van der Waals surface area contributed by atoms with Crippen LogP contribution in [-0.4, -0.2) is 67.7 Å². The third-order valence-corrected chi connectivity index (χ3v) is 5.77. The van der Waals surface area contributed by atoms with E-state index in [9.17, 15) is 4.79 Å². The fraction of sp³-hybridized carbons (Fsp3) is 0.524. The standard InChI is InChI=1S/C21H28ClN7O2/c1-27(14-18(30)23-16-13-15(22)7-8-17(16)31-2)19-24-20(28-9-3-4-10-28)26-21(25-19)29-11-5-6-12-29/h7-8,13H,3-6,9-12,14H2,1-2H3,(H,23,30). The summed E-state index contributed by atoms with van der Waals surface area (Å²) in [6.45, 7) is 3.87. The molecule has 2 fully saturated rings. The average molecular weight is 446 g/mol. The van der Waals surface area contributed by atoms with E-state index in [0.717, 1.165) is 51.9 Å². The number of rotatable bonds is 7. The van der Waals surface area contributed by atoms with Gasteiger partial charge in [-0.2, -0.15) is 15.0 Å². The number of halogens is 1.